The minimum atomic E-state index is -0.655. The van der Waals surface area contributed by atoms with E-state index in [1.165, 1.54) is 11.6 Å². The van der Waals surface area contributed by atoms with Crippen molar-refractivity contribution in [3.8, 4) is 16.9 Å². The third-order valence-electron chi connectivity index (χ3n) is 5.80. The van der Waals surface area contributed by atoms with E-state index in [1.807, 2.05) is 38.1 Å². The number of hydrogen-bond donors (Lipinski definition) is 1. The van der Waals surface area contributed by atoms with Crippen LogP contribution in [0.3, 0.4) is 0 Å². The normalized spacial score (nSPS) is 26.6. The predicted molar refractivity (Wildman–Crippen MR) is 97.8 cm³/mol. The molecule has 2 aromatic carbocycles. The van der Waals surface area contributed by atoms with Crippen molar-refractivity contribution in [3.63, 3.8) is 0 Å². The predicted octanol–water partition coefficient (Wildman–Crippen LogP) is 5.25. The zero-order valence-corrected chi connectivity index (χ0v) is 15.0. The van der Waals surface area contributed by atoms with Gasteiger partial charge in [0.2, 0.25) is 0 Å². The Hall–Kier alpha value is -2.36. The first-order chi connectivity index (χ1) is 12.4. The maximum atomic E-state index is 14.2. The number of halogens is 1. The van der Waals surface area contributed by atoms with Gasteiger partial charge in [0, 0.05) is 5.56 Å². The molecule has 2 aliphatic rings. The molecular formula is C22H23FO3. The smallest absolute Gasteiger partial charge is 0.307 e. The van der Waals surface area contributed by atoms with Gasteiger partial charge in [0.05, 0.1) is 12.0 Å². The molecular weight excluding hydrogens is 331 g/mol. The Kier molecular flexibility index (Phi) is 4.02. The van der Waals surface area contributed by atoms with Crippen LogP contribution in [0, 0.1) is 17.2 Å². The standard InChI is InChI=1S/C22H23FO3/c1-13(2)26-17-7-8-20(23)18(9-17)15-5-3-14(4-6-15)16-10-22(11-16)12-19(22)21(24)25/h3-9,13,16,19H,10-12H2,1-2H3,(H,24,25)/t16?,19-,22?/m0/s1. The Morgan fingerprint density at radius 1 is 1.15 bits per heavy atom. The van der Waals surface area contributed by atoms with Crippen molar-refractivity contribution in [2.75, 3.05) is 0 Å². The van der Waals surface area contributed by atoms with Crippen molar-refractivity contribution in [3.05, 3.63) is 53.8 Å². The summed E-state index contributed by atoms with van der Waals surface area (Å²) in [4.78, 5) is 11.1. The van der Waals surface area contributed by atoms with Gasteiger partial charge in [-0.3, -0.25) is 4.79 Å². The number of hydrogen-bond acceptors (Lipinski definition) is 2. The third kappa shape index (κ3) is 2.98. The van der Waals surface area contributed by atoms with Gasteiger partial charge in [-0.05, 0) is 73.8 Å². The average molecular weight is 354 g/mol. The minimum absolute atomic E-state index is 0.0404. The van der Waals surface area contributed by atoms with Crippen molar-refractivity contribution in [2.24, 2.45) is 11.3 Å². The van der Waals surface area contributed by atoms with Gasteiger partial charge >= 0.3 is 5.97 Å². The van der Waals surface area contributed by atoms with Crippen LogP contribution in [0.4, 0.5) is 4.39 Å². The number of ether oxygens (including phenoxy) is 1. The van der Waals surface area contributed by atoms with Gasteiger partial charge < -0.3 is 9.84 Å². The van der Waals surface area contributed by atoms with Crippen LogP contribution in [0.1, 0.15) is 44.6 Å². The van der Waals surface area contributed by atoms with E-state index in [0.29, 0.717) is 17.2 Å². The molecule has 0 aliphatic heterocycles. The summed E-state index contributed by atoms with van der Waals surface area (Å²) >= 11 is 0. The second-order valence-electron chi connectivity index (χ2n) is 7.99. The highest BCUT2D eigenvalue weighted by Crippen LogP contribution is 2.70. The molecule has 0 radical (unpaired) electrons. The lowest BCUT2D eigenvalue weighted by Gasteiger charge is -2.37. The van der Waals surface area contributed by atoms with Crippen LogP contribution in [-0.4, -0.2) is 17.2 Å². The van der Waals surface area contributed by atoms with Crippen LogP contribution in [0.5, 0.6) is 5.75 Å². The number of benzene rings is 2. The van der Waals surface area contributed by atoms with E-state index >= 15 is 0 Å². The average Bonchev–Trinajstić information content (AvgIpc) is 3.31. The summed E-state index contributed by atoms with van der Waals surface area (Å²) in [6.07, 6.45) is 2.77. The van der Waals surface area contributed by atoms with Gasteiger partial charge in [0.15, 0.2) is 0 Å². The molecule has 2 aromatic rings. The highest BCUT2D eigenvalue weighted by molar-refractivity contribution is 5.75. The summed E-state index contributed by atoms with van der Waals surface area (Å²) in [5, 5.41) is 9.13. The third-order valence-corrected chi connectivity index (χ3v) is 5.80. The highest BCUT2D eigenvalue weighted by Gasteiger charge is 2.64. The second-order valence-corrected chi connectivity index (χ2v) is 7.99. The monoisotopic (exact) mass is 354 g/mol. The lowest BCUT2D eigenvalue weighted by molar-refractivity contribution is -0.140. The Morgan fingerprint density at radius 2 is 1.85 bits per heavy atom. The summed E-state index contributed by atoms with van der Waals surface area (Å²) in [7, 11) is 0. The van der Waals surface area contributed by atoms with Crippen LogP contribution < -0.4 is 4.74 Å². The van der Waals surface area contributed by atoms with E-state index < -0.39 is 5.97 Å². The molecule has 0 saturated heterocycles. The topological polar surface area (TPSA) is 46.5 Å². The fourth-order valence-electron chi connectivity index (χ4n) is 4.31. The summed E-state index contributed by atoms with van der Waals surface area (Å²) in [5.41, 5.74) is 2.63. The molecule has 0 unspecified atom stereocenters. The zero-order chi connectivity index (χ0) is 18.5. The van der Waals surface area contributed by atoms with Crippen molar-refractivity contribution in [1.82, 2.24) is 0 Å². The number of carboxylic acids is 1. The first-order valence-electron chi connectivity index (χ1n) is 9.17. The molecule has 1 N–H and O–H groups in total. The molecule has 136 valence electrons. The van der Waals surface area contributed by atoms with Gasteiger partial charge in [0.1, 0.15) is 11.6 Å². The summed E-state index contributed by atoms with van der Waals surface area (Å²) in [6, 6.07) is 12.8. The molecule has 0 aromatic heterocycles. The van der Waals surface area contributed by atoms with Gasteiger partial charge in [-0.1, -0.05) is 24.3 Å². The van der Waals surface area contributed by atoms with Crippen molar-refractivity contribution >= 4 is 5.97 Å². The highest BCUT2D eigenvalue weighted by atomic mass is 19.1. The van der Waals surface area contributed by atoms with Crippen LogP contribution >= 0.6 is 0 Å². The lowest BCUT2D eigenvalue weighted by atomic mass is 9.67. The lowest BCUT2D eigenvalue weighted by Crippen LogP contribution is -2.27. The first kappa shape index (κ1) is 17.1. The van der Waals surface area contributed by atoms with Crippen LogP contribution in [0.25, 0.3) is 11.1 Å². The van der Waals surface area contributed by atoms with E-state index in [1.54, 1.807) is 12.1 Å². The number of aliphatic carboxylic acids is 1. The van der Waals surface area contributed by atoms with Gasteiger partial charge in [-0.2, -0.15) is 0 Å². The van der Waals surface area contributed by atoms with Crippen LogP contribution in [0.2, 0.25) is 0 Å². The van der Waals surface area contributed by atoms with E-state index in [-0.39, 0.29) is 23.3 Å². The number of rotatable bonds is 5. The molecule has 2 aliphatic carbocycles. The van der Waals surface area contributed by atoms with Gasteiger partial charge in [-0.15, -0.1) is 0 Å². The Morgan fingerprint density at radius 3 is 2.42 bits per heavy atom. The number of carboxylic acid groups (broad SMARTS) is 1. The van der Waals surface area contributed by atoms with Crippen LogP contribution in [-0.2, 0) is 4.79 Å². The fourth-order valence-corrected chi connectivity index (χ4v) is 4.31. The molecule has 0 amide bonds. The second kappa shape index (κ2) is 6.11. The van der Waals surface area contributed by atoms with Gasteiger partial charge in [0.25, 0.3) is 0 Å². The van der Waals surface area contributed by atoms with Crippen molar-refractivity contribution in [1.29, 1.82) is 0 Å². The zero-order valence-electron chi connectivity index (χ0n) is 15.0. The van der Waals surface area contributed by atoms with E-state index in [0.717, 1.165) is 24.8 Å². The first-order valence-corrected chi connectivity index (χ1v) is 9.17. The van der Waals surface area contributed by atoms with Crippen molar-refractivity contribution < 1.29 is 19.0 Å². The Bertz CT molecular complexity index is 835. The molecule has 0 heterocycles. The Labute approximate surface area is 152 Å². The molecule has 1 spiro atoms. The fraction of sp³-hybridized carbons (Fsp3) is 0.409. The quantitative estimate of drug-likeness (QED) is 0.798. The molecule has 3 nitrogen and oxygen atoms in total. The summed E-state index contributed by atoms with van der Waals surface area (Å²) < 4.78 is 19.9. The molecule has 1 atom stereocenters. The Balaban J connectivity index is 1.48. The largest absolute Gasteiger partial charge is 0.491 e. The molecule has 2 saturated carbocycles. The van der Waals surface area contributed by atoms with E-state index in [4.69, 9.17) is 9.84 Å². The molecule has 4 rings (SSSR count). The molecule has 2 fully saturated rings. The minimum Gasteiger partial charge on any atom is -0.491 e. The van der Waals surface area contributed by atoms with E-state index in [2.05, 4.69) is 0 Å². The van der Waals surface area contributed by atoms with E-state index in [9.17, 15) is 9.18 Å². The van der Waals surface area contributed by atoms with Crippen molar-refractivity contribution in [2.45, 2.75) is 45.1 Å². The SMILES string of the molecule is CC(C)Oc1ccc(F)c(-c2ccc(C3CC4(C3)C[C@H]4C(=O)O)cc2)c1. The maximum absolute atomic E-state index is 14.2. The molecule has 4 heteroatoms. The number of carbonyl (C=O) groups is 1. The summed E-state index contributed by atoms with van der Waals surface area (Å²) in [5.74, 6) is 0.0241. The van der Waals surface area contributed by atoms with Gasteiger partial charge in [-0.25, -0.2) is 4.39 Å². The summed E-state index contributed by atoms with van der Waals surface area (Å²) in [6.45, 7) is 3.88. The molecule has 0 bridgehead atoms. The molecule has 26 heavy (non-hydrogen) atoms. The maximum Gasteiger partial charge on any atom is 0.307 e. The van der Waals surface area contributed by atoms with Crippen LogP contribution in [0.15, 0.2) is 42.5 Å².